The van der Waals surface area contributed by atoms with E-state index >= 15 is 0 Å². The topological polar surface area (TPSA) is 72.4 Å². The van der Waals surface area contributed by atoms with Crippen LogP contribution in [0, 0.1) is 0 Å². The normalized spacial score (nSPS) is 18.6. The van der Waals surface area contributed by atoms with Gasteiger partial charge in [-0.05, 0) is 52.7 Å². The lowest BCUT2D eigenvalue weighted by atomic mass is 9.79. The minimum absolute atomic E-state index is 0.0612. The molecule has 0 saturated carbocycles. The van der Waals surface area contributed by atoms with E-state index in [1.165, 1.54) is 0 Å². The van der Waals surface area contributed by atoms with Gasteiger partial charge in [0.2, 0.25) is 5.95 Å². The predicted octanol–water partition coefficient (Wildman–Crippen LogP) is 3.27. The minimum atomic E-state index is 0.0612. The Bertz CT molecular complexity index is 776. The molecule has 28 heavy (non-hydrogen) atoms. The molecule has 0 aliphatic carbocycles. The third-order valence-electron chi connectivity index (χ3n) is 5.08. The van der Waals surface area contributed by atoms with Crippen LogP contribution in [0.2, 0.25) is 0 Å². The van der Waals surface area contributed by atoms with Crippen LogP contribution in [0.15, 0.2) is 30.5 Å². The Balaban J connectivity index is 1.79. The van der Waals surface area contributed by atoms with Crippen molar-refractivity contribution in [2.75, 3.05) is 25.9 Å². The number of hydrogen-bond donors (Lipinski definition) is 1. The average molecular weight is 386 g/mol. The van der Waals surface area contributed by atoms with E-state index in [0.717, 1.165) is 18.4 Å². The fraction of sp³-hybridized carbons (Fsp3) is 0.571. The summed E-state index contributed by atoms with van der Waals surface area (Å²) in [4.78, 5) is 6.74. The number of nitrogens with one attached hydrogen (secondary N) is 1. The molecule has 0 spiro atoms. The number of para-hydroxylation sites is 1. The van der Waals surface area contributed by atoms with E-state index in [2.05, 4.69) is 60.1 Å². The van der Waals surface area contributed by atoms with Gasteiger partial charge >= 0.3 is 0 Å². The van der Waals surface area contributed by atoms with Gasteiger partial charge < -0.3 is 19.7 Å². The second-order valence-electron chi connectivity index (χ2n) is 8.76. The summed E-state index contributed by atoms with van der Waals surface area (Å²) >= 11 is 0. The summed E-state index contributed by atoms with van der Waals surface area (Å²) in [5.41, 5.74) is 1.64. The molecule has 1 aliphatic rings. The molecule has 7 heteroatoms. The number of benzene rings is 1. The molecule has 2 heterocycles. The van der Waals surface area contributed by atoms with Gasteiger partial charge in [0, 0.05) is 36.8 Å². The van der Waals surface area contributed by atoms with E-state index in [1.807, 2.05) is 24.3 Å². The molecule has 3 rings (SSSR count). The quantitative estimate of drug-likeness (QED) is 0.765. The van der Waals surface area contributed by atoms with Gasteiger partial charge in [0.15, 0.2) is 6.79 Å². The van der Waals surface area contributed by atoms with Gasteiger partial charge in [-0.15, -0.1) is 10.2 Å². The first-order valence-corrected chi connectivity index (χ1v) is 9.64. The van der Waals surface area contributed by atoms with Crippen molar-refractivity contribution in [2.45, 2.75) is 57.7 Å². The standard InChI is InChI=1S/C21H31N5O2/c1-20(2)11-15(12-21(3,4)25-20)26(5)19-22-13-17(23-24-19)16-9-7-8-10-18(16)28-14-27-6/h7-10,13,15,25H,11-12,14H2,1-6H3. The maximum absolute atomic E-state index is 5.62. The Labute approximate surface area is 167 Å². The second kappa shape index (κ2) is 8.01. The van der Waals surface area contributed by atoms with E-state index in [0.29, 0.717) is 23.4 Å². The fourth-order valence-corrected chi connectivity index (χ4v) is 4.19. The highest BCUT2D eigenvalue weighted by Gasteiger charge is 2.39. The van der Waals surface area contributed by atoms with Crippen LogP contribution < -0.4 is 15.0 Å². The summed E-state index contributed by atoms with van der Waals surface area (Å²) in [5, 5.41) is 12.5. The largest absolute Gasteiger partial charge is 0.467 e. The van der Waals surface area contributed by atoms with Crippen molar-refractivity contribution in [1.82, 2.24) is 20.5 Å². The molecule has 0 unspecified atom stereocenters. The van der Waals surface area contributed by atoms with Gasteiger partial charge in [0.25, 0.3) is 0 Å². The van der Waals surface area contributed by atoms with Crippen LogP contribution in [-0.2, 0) is 4.74 Å². The van der Waals surface area contributed by atoms with Gasteiger partial charge in [-0.2, -0.15) is 0 Å². The van der Waals surface area contributed by atoms with E-state index in [4.69, 9.17) is 9.47 Å². The number of methoxy groups -OCH3 is 1. The number of rotatable bonds is 6. The third kappa shape index (κ3) is 4.77. The van der Waals surface area contributed by atoms with Crippen LogP contribution in [0.25, 0.3) is 11.3 Å². The van der Waals surface area contributed by atoms with Crippen molar-refractivity contribution in [2.24, 2.45) is 0 Å². The molecule has 0 bridgehead atoms. The van der Waals surface area contributed by atoms with Gasteiger partial charge in [0.05, 0.1) is 6.20 Å². The van der Waals surface area contributed by atoms with Gasteiger partial charge in [-0.1, -0.05) is 12.1 Å². The lowest BCUT2D eigenvalue weighted by molar-refractivity contribution is 0.0515. The van der Waals surface area contributed by atoms with E-state index in [-0.39, 0.29) is 17.9 Å². The zero-order valence-corrected chi connectivity index (χ0v) is 17.7. The Morgan fingerprint density at radius 2 is 1.79 bits per heavy atom. The van der Waals surface area contributed by atoms with Crippen molar-refractivity contribution in [3.8, 4) is 17.0 Å². The highest BCUT2D eigenvalue weighted by Crippen LogP contribution is 2.32. The molecule has 152 valence electrons. The van der Waals surface area contributed by atoms with Crippen LogP contribution in [0.3, 0.4) is 0 Å². The summed E-state index contributed by atoms with van der Waals surface area (Å²) < 4.78 is 10.6. The smallest absolute Gasteiger partial charge is 0.245 e. The van der Waals surface area contributed by atoms with Crippen LogP contribution in [0.1, 0.15) is 40.5 Å². The van der Waals surface area contributed by atoms with Crippen molar-refractivity contribution in [3.63, 3.8) is 0 Å². The maximum atomic E-state index is 5.62. The van der Waals surface area contributed by atoms with Crippen molar-refractivity contribution in [1.29, 1.82) is 0 Å². The number of anilines is 1. The third-order valence-corrected chi connectivity index (χ3v) is 5.08. The Morgan fingerprint density at radius 3 is 2.39 bits per heavy atom. The van der Waals surface area contributed by atoms with Gasteiger partial charge in [0.1, 0.15) is 11.4 Å². The first kappa shape index (κ1) is 20.5. The monoisotopic (exact) mass is 385 g/mol. The first-order chi connectivity index (χ1) is 13.2. The second-order valence-corrected chi connectivity index (χ2v) is 8.76. The van der Waals surface area contributed by atoms with E-state index in [1.54, 1.807) is 13.3 Å². The van der Waals surface area contributed by atoms with Crippen LogP contribution >= 0.6 is 0 Å². The Morgan fingerprint density at radius 1 is 1.11 bits per heavy atom. The van der Waals surface area contributed by atoms with E-state index in [9.17, 15) is 0 Å². The minimum Gasteiger partial charge on any atom is -0.467 e. The summed E-state index contributed by atoms with van der Waals surface area (Å²) in [5.74, 6) is 1.33. The zero-order valence-electron chi connectivity index (χ0n) is 17.7. The number of piperidine rings is 1. The molecule has 0 amide bonds. The molecule has 1 N–H and O–H groups in total. The maximum Gasteiger partial charge on any atom is 0.245 e. The summed E-state index contributed by atoms with van der Waals surface area (Å²) in [7, 11) is 3.65. The van der Waals surface area contributed by atoms with Gasteiger partial charge in [-0.25, -0.2) is 4.98 Å². The first-order valence-electron chi connectivity index (χ1n) is 9.64. The average Bonchev–Trinajstić information content (AvgIpc) is 2.64. The Hall–Kier alpha value is -2.25. The van der Waals surface area contributed by atoms with Gasteiger partial charge in [-0.3, -0.25) is 0 Å². The molecule has 2 aromatic rings. The summed E-state index contributed by atoms with van der Waals surface area (Å²) in [6.45, 7) is 9.16. The predicted molar refractivity (Wildman–Crippen MR) is 110 cm³/mol. The lowest BCUT2D eigenvalue weighted by Crippen LogP contribution is -2.62. The zero-order chi connectivity index (χ0) is 20.4. The molecule has 1 aromatic heterocycles. The number of ether oxygens (including phenoxy) is 2. The molecule has 1 fully saturated rings. The molecule has 7 nitrogen and oxygen atoms in total. The van der Waals surface area contributed by atoms with Crippen molar-refractivity contribution < 1.29 is 9.47 Å². The van der Waals surface area contributed by atoms with Crippen LogP contribution in [0.5, 0.6) is 5.75 Å². The van der Waals surface area contributed by atoms with Crippen molar-refractivity contribution >= 4 is 5.95 Å². The molecule has 1 aromatic carbocycles. The van der Waals surface area contributed by atoms with E-state index < -0.39 is 0 Å². The molecular weight excluding hydrogens is 354 g/mol. The molecule has 1 saturated heterocycles. The highest BCUT2D eigenvalue weighted by atomic mass is 16.7. The van der Waals surface area contributed by atoms with Crippen LogP contribution in [-0.4, -0.2) is 53.3 Å². The molecular formula is C21H31N5O2. The summed E-state index contributed by atoms with van der Waals surface area (Å²) in [6.07, 6.45) is 3.79. The molecule has 0 radical (unpaired) electrons. The fourth-order valence-electron chi connectivity index (χ4n) is 4.19. The molecule has 0 atom stereocenters. The lowest BCUT2D eigenvalue weighted by Gasteiger charge is -2.48. The number of aromatic nitrogens is 3. The van der Waals surface area contributed by atoms with Crippen LogP contribution in [0.4, 0.5) is 5.95 Å². The molecule has 1 aliphatic heterocycles. The number of nitrogens with zero attached hydrogens (tertiary/aromatic N) is 4. The SMILES string of the molecule is COCOc1ccccc1-c1cnc(N(C)C2CC(C)(C)NC(C)(C)C2)nn1. The Kier molecular flexibility index (Phi) is 5.86. The van der Waals surface area contributed by atoms with Crippen molar-refractivity contribution in [3.05, 3.63) is 30.5 Å². The summed E-state index contributed by atoms with van der Waals surface area (Å²) in [6, 6.07) is 8.03. The highest BCUT2D eigenvalue weighted by molar-refractivity contribution is 5.66. The number of hydrogen-bond acceptors (Lipinski definition) is 7.